The third-order valence-corrected chi connectivity index (χ3v) is 4.56. The van der Waals surface area contributed by atoms with Gasteiger partial charge in [-0.2, -0.15) is 4.68 Å². The van der Waals surface area contributed by atoms with E-state index >= 15 is 0 Å². The number of aryl methyl sites for hydroxylation is 1. The fraction of sp³-hybridized carbons (Fsp3) is 0.412. The van der Waals surface area contributed by atoms with Gasteiger partial charge in [-0.05, 0) is 29.5 Å². The van der Waals surface area contributed by atoms with Crippen LogP contribution in [0.25, 0.3) is 5.69 Å². The Bertz CT molecular complexity index is 831. The van der Waals surface area contributed by atoms with Gasteiger partial charge >= 0.3 is 0 Å². The monoisotopic (exact) mass is 340 g/mol. The summed E-state index contributed by atoms with van der Waals surface area (Å²) in [5.74, 6) is 1.90. The Labute approximate surface area is 145 Å². The van der Waals surface area contributed by atoms with Crippen LogP contribution >= 0.6 is 0 Å². The van der Waals surface area contributed by atoms with Gasteiger partial charge in [0.05, 0.1) is 17.5 Å². The molecule has 2 aromatic heterocycles. The second kappa shape index (κ2) is 6.64. The topological polar surface area (TPSA) is 82.1 Å². The number of tetrazole rings is 1. The van der Waals surface area contributed by atoms with Crippen LogP contribution in [0.3, 0.4) is 0 Å². The van der Waals surface area contributed by atoms with Crippen molar-refractivity contribution in [2.75, 3.05) is 25.1 Å². The molecule has 3 aromatic rings. The number of aromatic nitrogens is 5. The summed E-state index contributed by atoms with van der Waals surface area (Å²) in [5.41, 5.74) is 1.83. The summed E-state index contributed by atoms with van der Waals surface area (Å²) in [6, 6.07) is 11.9. The van der Waals surface area contributed by atoms with E-state index in [4.69, 9.17) is 9.26 Å². The number of ether oxygens (including phenoxy) is 1. The van der Waals surface area contributed by atoms with E-state index in [0.29, 0.717) is 5.92 Å². The zero-order valence-electron chi connectivity index (χ0n) is 14.2. The van der Waals surface area contributed by atoms with E-state index in [2.05, 4.69) is 25.6 Å². The van der Waals surface area contributed by atoms with Gasteiger partial charge in [0, 0.05) is 38.6 Å². The first-order chi connectivity index (χ1) is 12.2. The zero-order valence-corrected chi connectivity index (χ0v) is 14.2. The average Bonchev–Trinajstić information content (AvgIpc) is 3.35. The number of anilines is 1. The molecule has 1 saturated heterocycles. The Morgan fingerprint density at radius 2 is 2.08 bits per heavy atom. The van der Waals surface area contributed by atoms with Gasteiger partial charge in [-0.1, -0.05) is 28.5 Å². The Balaban J connectivity index is 1.55. The van der Waals surface area contributed by atoms with Crippen molar-refractivity contribution < 1.29 is 9.26 Å². The molecule has 3 heterocycles. The normalized spacial score (nSPS) is 20.3. The maximum absolute atomic E-state index is 5.70. The molecule has 0 unspecified atom stereocenters. The van der Waals surface area contributed by atoms with Gasteiger partial charge in [-0.3, -0.25) is 0 Å². The minimum absolute atomic E-state index is 0.0892. The van der Waals surface area contributed by atoms with Gasteiger partial charge in [-0.15, -0.1) is 0 Å². The predicted octanol–water partition coefficient (Wildman–Crippen LogP) is 1.65. The SMILES string of the molecule is CO[C@H]1CN(c2nnnn2-c2ccccc2)C[C@H]1Cc1cc(C)no1. The Kier molecular flexibility index (Phi) is 4.19. The highest BCUT2D eigenvalue weighted by Crippen LogP contribution is 2.28. The molecule has 0 aliphatic carbocycles. The highest BCUT2D eigenvalue weighted by atomic mass is 16.5. The van der Waals surface area contributed by atoms with Gasteiger partial charge in [0.2, 0.25) is 5.95 Å². The summed E-state index contributed by atoms with van der Waals surface area (Å²) in [5, 5.41) is 16.2. The van der Waals surface area contributed by atoms with E-state index in [-0.39, 0.29) is 6.10 Å². The lowest BCUT2D eigenvalue weighted by molar-refractivity contribution is 0.0812. The third-order valence-electron chi connectivity index (χ3n) is 4.56. The average molecular weight is 340 g/mol. The fourth-order valence-electron chi connectivity index (χ4n) is 3.35. The molecule has 0 radical (unpaired) electrons. The smallest absolute Gasteiger partial charge is 0.250 e. The molecule has 1 aliphatic rings. The van der Waals surface area contributed by atoms with Crippen molar-refractivity contribution in [3.63, 3.8) is 0 Å². The minimum Gasteiger partial charge on any atom is -0.379 e. The molecule has 130 valence electrons. The fourth-order valence-corrected chi connectivity index (χ4v) is 3.35. The van der Waals surface area contributed by atoms with Crippen molar-refractivity contribution in [3.05, 3.63) is 47.9 Å². The number of methoxy groups -OCH3 is 1. The van der Waals surface area contributed by atoms with Gasteiger partial charge in [0.1, 0.15) is 5.76 Å². The summed E-state index contributed by atoms with van der Waals surface area (Å²) in [6.07, 6.45) is 0.870. The molecule has 0 bridgehead atoms. The molecular weight excluding hydrogens is 320 g/mol. The van der Waals surface area contributed by atoms with Crippen LogP contribution in [0.5, 0.6) is 0 Å². The van der Waals surface area contributed by atoms with Gasteiger partial charge in [-0.25, -0.2) is 0 Å². The van der Waals surface area contributed by atoms with Crippen LogP contribution in [-0.2, 0) is 11.2 Å². The molecule has 25 heavy (non-hydrogen) atoms. The first-order valence-electron chi connectivity index (χ1n) is 8.28. The summed E-state index contributed by atoms with van der Waals surface area (Å²) in [6.45, 7) is 3.46. The number of rotatable bonds is 5. The van der Waals surface area contributed by atoms with Crippen LogP contribution in [0.4, 0.5) is 5.95 Å². The quantitative estimate of drug-likeness (QED) is 0.698. The highest BCUT2D eigenvalue weighted by molar-refractivity contribution is 5.41. The Hall–Kier alpha value is -2.74. The molecule has 1 aliphatic heterocycles. The molecular formula is C17H20N6O2. The van der Waals surface area contributed by atoms with E-state index in [1.165, 1.54) is 0 Å². The van der Waals surface area contributed by atoms with Crippen LogP contribution in [0, 0.1) is 12.8 Å². The summed E-state index contributed by atoms with van der Waals surface area (Å²) in [4.78, 5) is 2.16. The van der Waals surface area contributed by atoms with E-state index in [9.17, 15) is 0 Å². The number of para-hydroxylation sites is 1. The second-order valence-electron chi connectivity index (χ2n) is 6.30. The van der Waals surface area contributed by atoms with Crippen LogP contribution in [0.2, 0.25) is 0 Å². The van der Waals surface area contributed by atoms with Crippen LogP contribution < -0.4 is 4.90 Å². The van der Waals surface area contributed by atoms with Crippen molar-refractivity contribution >= 4 is 5.95 Å². The maximum Gasteiger partial charge on any atom is 0.250 e. The zero-order chi connectivity index (χ0) is 17.2. The van der Waals surface area contributed by atoms with Crippen LogP contribution in [-0.4, -0.2) is 51.7 Å². The van der Waals surface area contributed by atoms with Gasteiger partial charge < -0.3 is 14.2 Å². The predicted molar refractivity (Wildman–Crippen MR) is 90.6 cm³/mol. The number of benzene rings is 1. The largest absolute Gasteiger partial charge is 0.379 e. The van der Waals surface area contributed by atoms with E-state index in [1.807, 2.05) is 43.3 Å². The molecule has 0 amide bonds. The maximum atomic E-state index is 5.70. The third kappa shape index (κ3) is 3.12. The second-order valence-corrected chi connectivity index (χ2v) is 6.30. The number of nitrogens with zero attached hydrogens (tertiary/aromatic N) is 6. The lowest BCUT2D eigenvalue weighted by Gasteiger charge is -2.16. The molecule has 4 rings (SSSR count). The molecule has 8 nitrogen and oxygen atoms in total. The summed E-state index contributed by atoms with van der Waals surface area (Å²) < 4.78 is 12.8. The lowest BCUT2D eigenvalue weighted by Crippen LogP contribution is -2.25. The Morgan fingerprint density at radius 1 is 1.24 bits per heavy atom. The van der Waals surface area contributed by atoms with Crippen molar-refractivity contribution in [3.8, 4) is 5.69 Å². The Morgan fingerprint density at radius 3 is 2.80 bits per heavy atom. The van der Waals surface area contributed by atoms with Crippen LogP contribution in [0.1, 0.15) is 11.5 Å². The summed E-state index contributed by atoms with van der Waals surface area (Å²) >= 11 is 0. The molecule has 8 heteroatoms. The van der Waals surface area contributed by atoms with Gasteiger partial charge in [0.25, 0.3) is 0 Å². The summed E-state index contributed by atoms with van der Waals surface area (Å²) in [7, 11) is 1.74. The van der Waals surface area contributed by atoms with Crippen molar-refractivity contribution in [2.45, 2.75) is 19.4 Å². The van der Waals surface area contributed by atoms with E-state index in [0.717, 1.165) is 42.6 Å². The van der Waals surface area contributed by atoms with E-state index in [1.54, 1.807) is 11.8 Å². The van der Waals surface area contributed by atoms with Crippen molar-refractivity contribution in [1.82, 2.24) is 25.4 Å². The minimum atomic E-state index is 0.0892. The first-order valence-corrected chi connectivity index (χ1v) is 8.28. The molecule has 2 atom stereocenters. The molecule has 1 fully saturated rings. The van der Waals surface area contributed by atoms with E-state index < -0.39 is 0 Å². The van der Waals surface area contributed by atoms with Crippen molar-refractivity contribution in [2.24, 2.45) is 5.92 Å². The highest BCUT2D eigenvalue weighted by Gasteiger charge is 2.36. The lowest BCUT2D eigenvalue weighted by atomic mass is 10.0. The molecule has 0 saturated carbocycles. The number of hydrogen-bond acceptors (Lipinski definition) is 7. The molecule has 0 N–H and O–H groups in total. The molecule has 1 aromatic carbocycles. The number of hydrogen-bond donors (Lipinski definition) is 0. The standard InChI is InChI=1S/C17H20N6O2/c1-12-8-15(25-19-12)9-13-10-22(11-16(13)24-2)17-18-20-21-23(17)14-6-4-3-5-7-14/h3-8,13,16H,9-11H2,1-2H3/t13-,16+/m1/s1. The first kappa shape index (κ1) is 15.8. The molecule has 0 spiro atoms. The van der Waals surface area contributed by atoms with Gasteiger partial charge in [0.15, 0.2) is 0 Å². The van der Waals surface area contributed by atoms with Crippen molar-refractivity contribution in [1.29, 1.82) is 0 Å². The van der Waals surface area contributed by atoms with Crippen LogP contribution in [0.15, 0.2) is 40.9 Å².